The molecule has 16 heavy (non-hydrogen) atoms. The minimum atomic E-state index is 0.737. The van der Waals surface area contributed by atoms with E-state index in [1.165, 1.54) is 45.2 Å². The number of nitrogens with zero attached hydrogens (tertiary/aromatic N) is 1. The summed E-state index contributed by atoms with van der Waals surface area (Å²) in [6, 6.07) is 0.750. The van der Waals surface area contributed by atoms with Crippen molar-refractivity contribution in [1.29, 1.82) is 0 Å². The molecule has 1 saturated carbocycles. The Balaban J connectivity index is 2.62. The largest absolute Gasteiger partial charge is 0.330 e. The zero-order valence-corrected chi connectivity index (χ0v) is 11.4. The molecule has 1 aliphatic carbocycles. The summed E-state index contributed by atoms with van der Waals surface area (Å²) >= 11 is 0. The van der Waals surface area contributed by atoms with Crippen molar-refractivity contribution in [2.75, 3.05) is 19.6 Å². The highest BCUT2D eigenvalue weighted by Crippen LogP contribution is 2.27. The fourth-order valence-electron chi connectivity index (χ4n) is 3.09. The van der Waals surface area contributed by atoms with Gasteiger partial charge in [-0.25, -0.2) is 0 Å². The summed E-state index contributed by atoms with van der Waals surface area (Å²) in [5.41, 5.74) is 5.96. The molecule has 0 radical (unpaired) electrons. The van der Waals surface area contributed by atoms with Gasteiger partial charge >= 0.3 is 0 Å². The molecule has 0 saturated heterocycles. The minimum absolute atomic E-state index is 0.737. The molecule has 0 spiro atoms. The van der Waals surface area contributed by atoms with Gasteiger partial charge in [0.2, 0.25) is 0 Å². The highest BCUT2D eigenvalue weighted by atomic mass is 15.2. The lowest BCUT2D eigenvalue weighted by molar-refractivity contribution is 0.127. The molecule has 96 valence electrons. The first-order chi connectivity index (χ1) is 7.69. The fourth-order valence-corrected chi connectivity index (χ4v) is 3.09. The Hall–Kier alpha value is -0.0800. The summed E-state index contributed by atoms with van der Waals surface area (Å²) < 4.78 is 0. The first kappa shape index (κ1) is 14.0. The summed E-state index contributed by atoms with van der Waals surface area (Å²) in [5, 5.41) is 0. The summed E-state index contributed by atoms with van der Waals surface area (Å²) in [6.07, 6.45) is 6.90. The molecule has 1 rings (SSSR count). The van der Waals surface area contributed by atoms with Crippen LogP contribution >= 0.6 is 0 Å². The topological polar surface area (TPSA) is 29.3 Å². The Morgan fingerprint density at radius 3 is 2.44 bits per heavy atom. The average Bonchev–Trinajstić information content (AvgIpc) is 2.50. The zero-order valence-electron chi connectivity index (χ0n) is 11.4. The predicted octanol–water partition coefficient (Wildman–Crippen LogP) is 2.87. The lowest BCUT2D eigenvalue weighted by Gasteiger charge is -2.36. The Bertz CT molecular complexity index is 180. The van der Waals surface area contributed by atoms with Crippen molar-refractivity contribution >= 4 is 0 Å². The third kappa shape index (κ3) is 4.06. The molecule has 0 heterocycles. The first-order valence-electron chi connectivity index (χ1n) is 7.13. The fraction of sp³-hybridized carbons (Fsp3) is 1.00. The summed E-state index contributed by atoms with van der Waals surface area (Å²) in [5.74, 6) is 1.50. The molecular formula is C14H30N2. The molecule has 1 fully saturated rings. The van der Waals surface area contributed by atoms with Gasteiger partial charge in [0.25, 0.3) is 0 Å². The summed E-state index contributed by atoms with van der Waals surface area (Å²) in [6.45, 7) is 10.2. The number of hydrogen-bond acceptors (Lipinski definition) is 2. The van der Waals surface area contributed by atoms with Gasteiger partial charge in [0, 0.05) is 12.6 Å². The smallest absolute Gasteiger partial charge is 0.0135 e. The van der Waals surface area contributed by atoms with Crippen LogP contribution in [0.5, 0.6) is 0 Å². The Morgan fingerprint density at radius 2 is 1.88 bits per heavy atom. The van der Waals surface area contributed by atoms with Crippen molar-refractivity contribution in [2.45, 2.75) is 58.9 Å². The second-order valence-electron chi connectivity index (χ2n) is 5.68. The van der Waals surface area contributed by atoms with E-state index in [-0.39, 0.29) is 0 Å². The molecule has 2 N–H and O–H groups in total. The third-order valence-electron chi connectivity index (χ3n) is 3.90. The number of hydrogen-bond donors (Lipinski definition) is 1. The van der Waals surface area contributed by atoms with Crippen LogP contribution in [-0.4, -0.2) is 30.6 Å². The van der Waals surface area contributed by atoms with Gasteiger partial charge in [0.15, 0.2) is 0 Å². The van der Waals surface area contributed by atoms with Crippen molar-refractivity contribution in [3.8, 4) is 0 Å². The Morgan fingerprint density at radius 1 is 1.19 bits per heavy atom. The maximum atomic E-state index is 5.96. The molecule has 0 aromatic heterocycles. The van der Waals surface area contributed by atoms with E-state index in [1.54, 1.807) is 0 Å². The maximum absolute atomic E-state index is 5.96. The lowest BCUT2D eigenvalue weighted by Crippen LogP contribution is -2.44. The van der Waals surface area contributed by atoms with Crippen molar-refractivity contribution in [3.05, 3.63) is 0 Å². The van der Waals surface area contributed by atoms with Gasteiger partial charge in [0.05, 0.1) is 0 Å². The highest BCUT2D eigenvalue weighted by Gasteiger charge is 2.27. The van der Waals surface area contributed by atoms with Crippen LogP contribution < -0.4 is 5.73 Å². The first-order valence-corrected chi connectivity index (χ1v) is 7.13. The average molecular weight is 226 g/mol. The van der Waals surface area contributed by atoms with E-state index in [2.05, 4.69) is 25.7 Å². The second kappa shape index (κ2) is 7.29. The monoisotopic (exact) mass is 226 g/mol. The number of rotatable bonds is 5. The number of nitrogens with two attached hydrogens (primary N) is 1. The van der Waals surface area contributed by atoms with Crippen LogP contribution in [0.3, 0.4) is 0 Å². The summed E-state index contributed by atoms with van der Waals surface area (Å²) in [4.78, 5) is 2.67. The van der Waals surface area contributed by atoms with Gasteiger partial charge in [0.1, 0.15) is 0 Å². The predicted molar refractivity (Wildman–Crippen MR) is 71.5 cm³/mol. The van der Waals surface area contributed by atoms with Gasteiger partial charge in [-0.2, -0.15) is 0 Å². The minimum Gasteiger partial charge on any atom is -0.330 e. The molecule has 0 aromatic rings. The van der Waals surface area contributed by atoms with Crippen LogP contribution in [0.25, 0.3) is 0 Å². The molecule has 0 aliphatic heterocycles. The third-order valence-corrected chi connectivity index (χ3v) is 3.90. The molecule has 1 aliphatic rings. The van der Waals surface area contributed by atoms with Crippen LogP contribution in [0.2, 0.25) is 0 Å². The van der Waals surface area contributed by atoms with Crippen LogP contribution in [0.15, 0.2) is 0 Å². The summed E-state index contributed by atoms with van der Waals surface area (Å²) in [7, 11) is 0. The maximum Gasteiger partial charge on any atom is 0.0135 e. The normalized spacial score (nSPS) is 27.4. The van der Waals surface area contributed by atoms with Gasteiger partial charge in [-0.05, 0) is 37.8 Å². The van der Waals surface area contributed by atoms with Gasteiger partial charge < -0.3 is 10.6 Å². The second-order valence-corrected chi connectivity index (χ2v) is 5.68. The van der Waals surface area contributed by atoms with Crippen LogP contribution in [0.4, 0.5) is 0 Å². The van der Waals surface area contributed by atoms with Crippen molar-refractivity contribution < 1.29 is 0 Å². The van der Waals surface area contributed by atoms with Crippen LogP contribution in [-0.2, 0) is 0 Å². The van der Waals surface area contributed by atoms with Crippen molar-refractivity contribution in [1.82, 2.24) is 4.90 Å². The SMILES string of the molecule is CCN(CC(C)C)C1CCCCCC1CN. The zero-order chi connectivity index (χ0) is 12.0. The van der Waals surface area contributed by atoms with Gasteiger partial charge in [-0.3, -0.25) is 0 Å². The Kier molecular flexibility index (Phi) is 6.37. The van der Waals surface area contributed by atoms with Crippen LogP contribution in [0, 0.1) is 11.8 Å². The van der Waals surface area contributed by atoms with E-state index >= 15 is 0 Å². The van der Waals surface area contributed by atoms with E-state index < -0.39 is 0 Å². The van der Waals surface area contributed by atoms with Crippen molar-refractivity contribution in [2.24, 2.45) is 17.6 Å². The lowest BCUT2D eigenvalue weighted by atomic mass is 9.93. The Labute approximate surface area is 102 Å². The van der Waals surface area contributed by atoms with E-state index in [9.17, 15) is 0 Å². The van der Waals surface area contributed by atoms with E-state index in [1.807, 2.05) is 0 Å². The standard InChI is InChI=1S/C14H30N2/c1-4-16(11-12(2)3)14-9-7-5-6-8-13(14)10-15/h12-14H,4-11,15H2,1-3H3. The van der Waals surface area contributed by atoms with Gasteiger partial charge in [-0.1, -0.05) is 40.0 Å². The van der Waals surface area contributed by atoms with Crippen molar-refractivity contribution in [3.63, 3.8) is 0 Å². The molecule has 0 aromatic carbocycles. The van der Waals surface area contributed by atoms with E-state index in [0.717, 1.165) is 24.4 Å². The molecule has 2 nitrogen and oxygen atoms in total. The molecule has 0 amide bonds. The molecule has 2 unspecified atom stereocenters. The molecule has 2 atom stereocenters. The highest BCUT2D eigenvalue weighted by molar-refractivity contribution is 4.82. The quantitative estimate of drug-likeness (QED) is 0.730. The molecule has 0 bridgehead atoms. The van der Waals surface area contributed by atoms with Crippen LogP contribution in [0.1, 0.15) is 52.9 Å². The van der Waals surface area contributed by atoms with E-state index in [4.69, 9.17) is 5.73 Å². The molecular weight excluding hydrogens is 196 g/mol. The van der Waals surface area contributed by atoms with E-state index in [0.29, 0.717) is 0 Å². The van der Waals surface area contributed by atoms with Gasteiger partial charge in [-0.15, -0.1) is 0 Å². The molecule has 2 heteroatoms.